The lowest BCUT2D eigenvalue weighted by Gasteiger charge is -2.03. The van der Waals surface area contributed by atoms with E-state index in [4.69, 9.17) is 0 Å². The van der Waals surface area contributed by atoms with E-state index in [0.29, 0.717) is 5.69 Å². The molecule has 0 spiro atoms. The van der Waals surface area contributed by atoms with Gasteiger partial charge in [-0.2, -0.15) is 10.2 Å². The molecule has 0 bridgehead atoms. The van der Waals surface area contributed by atoms with E-state index in [1.54, 1.807) is 6.07 Å². The maximum atomic E-state index is 10.0. The smallest absolute Gasteiger partial charge is 0.150 e. The number of rotatable bonds is 2. The first kappa shape index (κ1) is 18.1. The summed E-state index contributed by atoms with van der Waals surface area (Å²) < 4.78 is 0. The number of benzene rings is 2. The molecular weight excluding hydrogens is 248 g/mol. The van der Waals surface area contributed by atoms with E-state index >= 15 is 0 Å². The Morgan fingerprint density at radius 3 is 2.10 bits per heavy atom. The van der Waals surface area contributed by atoms with Gasteiger partial charge in [0.25, 0.3) is 0 Å². The fraction of sp³-hybridized carbons (Fsp3) is 0.412. The lowest BCUT2D eigenvalue weighted by Crippen LogP contribution is -1.84. The Bertz CT molecular complexity index is 534. The zero-order valence-electron chi connectivity index (χ0n) is 13.4. The molecule has 2 aromatic rings. The number of phenols is 1. The van der Waals surface area contributed by atoms with Gasteiger partial charge in [-0.1, -0.05) is 58.0 Å². The standard InChI is InChI=1S/C13H14N2O.2C2H6/c1-9(2)14-15-12-8-7-10-5-3-4-6-11(10)13(12)16;2*1-2/h3-9,16H,1-2H3;2*1-2H3. The van der Waals surface area contributed by atoms with Crippen molar-refractivity contribution in [2.75, 3.05) is 0 Å². The number of fused-ring (bicyclic) bond motifs is 1. The zero-order valence-corrected chi connectivity index (χ0v) is 13.4. The number of aromatic hydroxyl groups is 1. The van der Waals surface area contributed by atoms with E-state index in [2.05, 4.69) is 10.2 Å². The molecule has 0 aliphatic heterocycles. The average Bonchev–Trinajstić information content (AvgIpc) is 2.51. The lowest BCUT2D eigenvalue weighted by atomic mass is 10.1. The summed E-state index contributed by atoms with van der Waals surface area (Å²) in [6.07, 6.45) is 0. The minimum atomic E-state index is 0.130. The van der Waals surface area contributed by atoms with Crippen LogP contribution >= 0.6 is 0 Å². The molecule has 0 aromatic heterocycles. The maximum Gasteiger partial charge on any atom is 0.150 e. The molecule has 3 heteroatoms. The van der Waals surface area contributed by atoms with Crippen molar-refractivity contribution in [1.82, 2.24) is 0 Å². The molecule has 0 amide bonds. The Labute approximate surface area is 122 Å². The van der Waals surface area contributed by atoms with Crippen LogP contribution in [0.3, 0.4) is 0 Å². The third-order valence-corrected chi connectivity index (χ3v) is 2.28. The van der Waals surface area contributed by atoms with Gasteiger partial charge in [0.1, 0.15) is 5.69 Å². The minimum Gasteiger partial charge on any atom is -0.505 e. The maximum absolute atomic E-state index is 10.0. The van der Waals surface area contributed by atoms with Crippen molar-refractivity contribution in [2.45, 2.75) is 47.6 Å². The summed E-state index contributed by atoms with van der Waals surface area (Å²) in [4.78, 5) is 0. The molecule has 1 N–H and O–H groups in total. The van der Waals surface area contributed by atoms with Gasteiger partial charge in [-0.15, -0.1) is 0 Å². The minimum absolute atomic E-state index is 0.130. The van der Waals surface area contributed by atoms with Gasteiger partial charge in [0.2, 0.25) is 0 Å². The number of hydrogen-bond donors (Lipinski definition) is 1. The van der Waals surface area contributed by atoms with Crippen molar-refractivity contribution in [3.8, 4) is 5.75 Å². The quantitative estimate of drug-likeness (QED) is 0.662. The first-order valence-corrected chi connectivity index (χ1v) is 7.30. The Kier molecular flexibility index (Phi) is 9.01. The predicted octanol–water partition coefficient (Wildman–Crippen LogP) is 6.09. The molecule has 3 nitrogen and oxygen atoms in total. The van der Waals surface area contributed by atoms with Gasteiger partial charge in [0.05, 0.1) is 6.04 Å². The molecule has 0 saturated carbocycles. The summed E-state index contributed by atoms with van der Waals surface area (Å²) in [7, 11) is 0. The van der Waals surface area contributed by atoms with Crippen LogP contribution in [0.1, 0.15) is 41.5 Å². The molecular formula is C17H26N2O. The molecule has 0 aliphatic rings. The SMILES string of the molecule is CC.CC.CC(C)N=Nc1ccc2ccccc2c1O. The second-order valence-electron chi connectivity index (χ2n) is 3.96. The van der Waals surface area contributed by atoms with Gasteiger partial charge < -0.3 is 5.11 Å². The van der Waals surface area contributed by atoms with Crippen LogP contribution in [0.5, 0.6) is 5.75 Å². The van der Waals surface area contributed by atoms with Gasteiger partial charge >= 0.3 is 0 Å². The largest absolute Gasteiger partial charge is 0.505 e. The normalized spacial score (nSPS) is 9.95. The lowest BCUT2D eigenvalue weighted by molar-refractivity contribution is 0.482. The molecule has 2 aromatic carbocycles. The third kappa shape index (κ3) is 5.00. The number of nitrogens with zero attached hydrogens (tertiary/aromatic N) is 2. The fourth-order valence-corrected chi connectivity index (χ4v) is 1.50. The van der Waals surface area contributed by atoms with Crippen LogP contribution in [0.2, 0.25) is 0 Å². The van der Waals surface area contributed by atoms with E-state index in [9.17, 15) is 5.11 Å². The van der Waals surface area contributed by atoms with Crippen molar-refractivity contribution >= 4 is 16.5 Å². The van der Waals surface area contributed by atoms with Gasteiger partial charge in [-0.25, -0.2) is 0 Å². The van der Waals surface area contributed by atoms with E-state index < -0.39 is 0 Å². The molecule has 2 rings (SSSR count). The zero-order chi connectivity index (χ0) is 15.5. The summed E-state index contributed by atoms with van der Waals surface area (Å²) in [6.45, 7) is 11.9. The van der Waals surface area contributed by atoms with Crippen LogP contribution in [0, 0.1) is 0 Å². The van der Waals surface area contributed by atoms with Gasteiger partial charge in [-0.05, 0) is 25.3 Å². The molecule has 20 heavy (non-hydrogen) atoms. The second-order valence-corrected chi connectivity index (χ2v) is 3.96. The van der Waals surface area contributed by atoms with Crippen LogP contribution < -0.4 is 0 Å². The molecule has 110 valence electrons. The third-order valence-electron chi connectivity index (χ3n) is 2.28. The van der Waals surface area contributed by atoms with Gasteiger partial charge in [-0.3, -0.25) is 0 Å². The van der Waals surface area contributed by atoms with Crippen molar-refractivity contribution in [1.29, 1.82) is 0 Å². The summed E-state index contributed by atoms with van der Waals surface area (Å²) in [5, 5.41) is 19.9. The highest BCUT2D eigenvalue weighted by molar-refractivity contribution is 5.92. The summed E-state index contributed by atoms with van der Waals surface area (Å²) in [5.41, 5.74) is 0.521. The second kappa shape index (κ2) is 9.96. The number of azo groups is 1. The van der Waals surface area contributed by atoms with Crippen LogP contribution in [-0.2, 0) is 0 Å². The average molecular weight is 274 g/mol. The monoisotopic (exact) mass is 274 g/mol. The molecule has 0 heterocycles. The van der Waals surface area contributed by atoms with Crippen molar-refractivity contribution in [2.24, 2.45) is 10.2 Å². The van der Waals surface area contributed by atoms with E-state index in [1.165, 1.54) is 0 Å². The first-order chi connectivity index (χ1) is 9.68. The highest BCUT2D eigenvalue weighted by atomic mass is 16.3. The molecule has 0 atom stereocenters. The van der Waals surface area contributed by atoms with Crippen LogP contribution in [0.25, 0.3) is 10.8 Å². The highest BCUT2D eigenvalue weighted by Crippen LogP contribution is 2.34. The number of phenolic OH excluding ortho intramolecular Hbond substituents is 1. The molecule has 0 aliphatic carbocycles. The summed E-state index contributed by atoms with van der Waals surface area (Å²) in [5.74, 6) is 0.197. The van der Waals surface area contributed by atoms with Crippen LogP contribution in [0.15, 0.2) is 46.6 Å². The molecule has 0 fully saturated rings. The molecule has 0 saturated heterocycles. The predicted molar refractivity (Wildman–Crippen MR) is 88.0 cm³/mol. The van der Waals surface area contributed by atoms with Crippen LogP contribution in [-0.4, -0.2) is 11.1 Å². The topological polar surface area (TPSA) is 45.0 Å². The highest BCUT2D eigenvalue weighted by Gasteiger charge is 2.04. The molecule has 0 unspecified atom stereocenters. The van der Waals surface area contributed by atoms with Gasteiger partial charge in [0.15, 0.2) is 5.75 Å². The summed E-state index contributed by atoms with van der Waals surface area (Å²) in [6, 6.07) is 11.5. The van der Waals surface area contributed by atoms with Crippen LogP contribution in [0.4, 0.5) is 5.69 Å². The first-order valence-electron chi connectivity index (χ1n) is 7.30. The Morgan fingerprint density at radius 2 is 1.50 bits per heavy atom. The van der Waals surface area contributed by atoms with Gasteiger partial charge in [0, 0.05) is 5.39 Å². The van der Waals surface area contributed by atoms with E-state index in [0.717, 1.165) is 10.8 Å². The van der Waals surface area contributed by atoms with Crippen molar-refractivity contribution in [3.63, 3.8) is 0 Å². The van der Waals surface area contributed by atoms with E-state index in [1.807, 2.05) is 71.9 Å². The summed E-state index contributed by atoms with van der Waals surface area (Å²) >= 11 is 0. The Hall–Kier alpha value is -1.90. The Morgan fingerprint density at radius 1 is 0.900 bits per heavy atom. The Balaban J connectivity index is 0.000000829. The molecule has 0 radical (unpaired) electrons. The van der Waals surface area contributed by atoms with E-state index in [-0.39, 0.29) is 11.8 Å². The van der Waals surface area contributed by atoms with Crippen molar-refractivity contribution in [3.05, 3.63) is 36.4 Å². The number of hydrogen-bond acceptors (Lipinski definition) is 3. The van der Waals surface area contributed by atoms with Crippen molar-refractivity contribution < 1.29 is 5.11 Å². The fourth-order valence-electron chi connectivity index (χ4n) is 1.50.